The van der Waals surface area contributed by atoms with Gasteiger partial charge in [-0.1, -0.05) is 35.7 Å². The summed E-state index contributed by atoms with van der Waals surface area (Å²) < 4.78 is 1.10. The molecule has 1 rings (SSSR count). The van der Waals surface area contributed by atoms with Crippen LogP contribution in [0.5, 0.6) is 5.75 Å². The van der Waals surface area contributed by atoms with E-state index < -0.39 is 0 Å². The van der Waals surface area contributed by atoms with Crippen molar-refractivity contribution >= 4 is 15.9 Å². The topological polar surface area (TPSA) is 20.2 Å². The number of unbranched alkanes of at least 4 members (excludes halogenated alkanes) is 2. The fourth-order valence-electron chi connectivity index (χ4n) is 1.32. The van der Waals surface area contributed by atoms with Gasteiger partial charge in [-0.25, -0.2) is 0 Å². The van der Waals surface area contributed by atoms with E-state index in [4.69, 9.17) is 0 Å². The lowest BCUT2D eigenvalue weighted by molar-refractivity contribution is 0.474. The van der Waals surface area contributed by atoms with Gasteiger partial charge in [-0.2, -0.15) is 0 Å². The number of phenols is 1. The van der Waals surface area contributed by atoms with Crippen LogP contribution in [0.4, 0.5) is 0 Å². The summed E-state index contributed by atoms with van der Waals surface area (Å²) in [5.41, 5.74) is 1.20. The molecule has 0 fully saturated rings. The summed E-state index contributed by atoms with van der Waals surface area (Å²) in [5.74, 6) is 0.356. The molecular formula is C11H15BrO. The largest absolute Gasteiger partial charge is 0.508 e. The average Bonchev–Trinajstić information content (AvgIpc) is 2.11. The van der Waals surface area contributed by atoms with Crippen LogP contribution in [0.3, 0.4) is 0 Å². The van der Waals surface area contributed by atoms with Gasteiger partial charge >= 0.3 is 0 Å². The van der Waals surface area contributed by atoms with Crippen LogP contribution in [0.1, 0.15) is 31.7 Å². The van der Waals surface area contributed by atoms with Gasteiger partial charge in [0, 0.05) is 4.47 Å². The van der Waals surface area contributed by atoms with Gasteiger partial charge in [0.1, 0.15) is 5.75 Å². The minimum Gasteiger partial charge on any atom is -0.508 e. The summed E-state index contributed by atoms with van der Waals surface area (Å²) in [4.78, 5) is 0. The number of halogens is 1. The minimum atomic E-state index is 0.356. The third-order valence-electron chi connectivity index (χ3n) is 2.08. The molecule has 0 bridgehead atoms. The Hall–Kier alpha value is -0.500. The Morgan fingerprint density at radius 3 is 2.77 bits per heavy atom. The number of hydrogen-bond acceptors (Lipinski definition) is 1. The summed E-state index contributed by atoms with van der Waals surface area (Å²) in [6, 6.07) is 5.43. The SMILES string of the molecule is CCCCCc1cc(O)ccc1Br. The van der Waals surface area contributed by atoms with Crippen LogP contribution >= 0.6 is 15.9 Å². The van der Waals surface area contributed by atoms with Crippen molar-refractivity contribution < 1.29 is 5.11 Å². The fourth-order valence-corrected chi connectivity index (χ4v) is 1.76. The van der Waals surface area contributed by atoms with Crippen molar-refractivity contribution in [2.75, 3.05) is 0 Å². The number of rotatable bonds is 4. The lowest BCUT2D eigenvalue weighted by Crippen LogP contribution is -1.86. The Morgan fingerprint density at radius 2 is 2.08 bits per heavy atom. The summed E-state index contributed by atoms with van der Waals surface area (Å²) in [6.45, 7) is 2.19. The lowest BCUT2D eigenvalue weighted by atomic mass is 10.1. The zero-order valence-electron chi connectivity index (χ0n) is 7.89. The molecule has 0 saturated heterocycles. The molecule has 0 unspecified atom stereocenters. The first kappa shape index (κ1) is 10.6. The Kier molecular flexibility index (Phi) is 4.29. The summed E-state index contributed by atoms with van der Waals surface area (Å²) in [7, 11) is 0. The quantitative estimate of drug-likeness (QED) is 0.795. The Morgan fingerprint density at radius 1 is 1.31 bits per heavy atom. The highest BCUT2D eigenvalue weighted by atomic mass is 79.9. The zero-order chi connectivity index (χ0) is 9.68. The van der Waals surface area contributed by atoms with E-state index in [0.717, 1.165) is 10.9 Å². The molecule has 0 heterocycles. The molecule has 0 spiro atoms. The maximum Gasteiger partial charge on any atom is 0.115 e. The normalized spacial score (nSPS) is 10.3. The fraction of sp³-hybridized carbons (Fsp3) is 0.455. The number of hydrogen-bond donors (Lipinski definition) is 1. The third kappa shape index (κ3) is 3.39. The van der Waals surface area contributed by atoms with Gasteiger partial charge in [-0.15, -0.1) is 0 Å². The van der Waals surface area contributed by atoms with Crippen LogP contribution in [0.2, 0.25) is 0 Å². The molecule has 13 heavy (non-hydrogen) atoms. The van der Waals surface area contributed by atoms with Gasteiger partial charge in [-0.3, -0.25) is 0 Å². The molecule has 72 valence electrons. The standard InChI is InChI=1S/C11H15BrO/c1-2-3-4-5-9-8-10(13)6-7-11(9)12/h6-8,13H,2-5H2,1H3. The zero-order valence-corrected chi connectivity index (χ0v) is 9.47. The van der Waals surface area contributed by atoms with Gasteiger partial charge < -0.3 is 5.11 Å². The van der Waals surface area contributed by atoms with Gasteiger partial charge in [-0.05, 0) is 36.6 Å². The van der Waals surface area contributed by atoms with E-state index in [9.17, 15) is 5.11 Å². The predicted octanol–water partition coefficient (Wildman–Crippen LogP) is 3.89. The molecule has 1 aromatic rings. The Balaban J connectivity index is 2.59. The highest BCUT2D eigenvalue weighted by Crippen LogP contribution is 2.23. The van der Waals surface area contributed by atoms with Gasteiger partial charge in [0.25, 0.3) is 0 Å². The monoisotopic (exact) mass is 242 g/mol. The average molecular weight is 243 g/mol. The molecule has 1 nitrogen and oxygen atoms in total. The highest BCUT2D eigenvalue weighted by molar-refractivity contribution is 9.10. The number of phenolic OH excluding ortho intramolecular Hbond substituents is 1. The Bertz CT molecular complexity index is 271. The van der Waals surface area contributed by atoms with Crippen LogP contribution in [-0.2, 0) is 6.42 Å². The van der Waals surface area contributed by atoms with Crippen LogP contribution in [0.15, 0.2) is 22.7 Å². The second-order valence-corrected chi connectivity index (χ2v) is 4.09. The molecule has 0 amide bonds. The number of aromatic hydroxyl groups is 1. The van der Waals surface area contributed by atoms with Gasteiger partial charge in [0.15, 0.2) is 0 Å². The third-order valence-corrected chi connectivity index (χ3v) is 2.85. The van der Waals surface area contributed by atoms with E-state index >= 15 is 0 Å². The van der Waals surface area contributed by atoms with E-state index in [-0.39, 0.29) is 0 Å². The molecule has 1 N–H and O–H groups in total. The van der Waals surface area contributed by atoms with Crippen molar-refractivity contribution in [1.29, 1.82) is 0 Å². The summed E-state index contributed by atoms with van der Waals surface area (Å²) in [5, 5.41) is 9.27. The van der Waals surface area contributed by atoms with Crippen molar-refractivity contribution in [3.05, 3.63) is 28.2 Å². The van der Waals surface area contributed by atoms with Crippen molar-refractivity contribution in [3.8, 4) is 5.75 Å². The molecule has 0 radical (unpaired) electrons. The number of benzene rings is 1. The predicted molar refractivity (Wildman–Crippen MR) is 59.0 cm³/mol. The molecular weight excluding hydrogens is 228 g/mol. The van der Waals surface area contributed by atoms with Crippen LogP contribution in [0.25, 0.3) is 0 Å². The first-order valence-corrected chi connectivity index (χ1v) is 5.50. The highest BCUT2D eigenvalue weighted by Gasteiger charge is 2.00. The van der Waals surface area contributed by atoms with Crippen LogP contribution < -0.4 is 0 Å². The molecule has 0 atom stereocenters. The second-order valence-electron chi connectivity index (χ2n) is 3.23. The second kappa shape index (κ2) is 5.28. The van der Waals surface area contributed by atoms with E-state index in [1.54, 1.807) is 6.07 Å². The van der Waals surface area contributed by atoms with Crippen LogP contribution in [0, 0.1) is 0 Å². The van der Waals surface area contributed by atoms with E-state index in [0.29, 0.717) is 5.75 Å². The maximum atomic E-state index is 9.27. The summed E-state index contributed by atoms with van der Waals surface area (Å²) in [6.07, 6.45) is 4.72. The molecule has 0 aromatic heterocycles. The van der Waals surface area contributed by atoms with Gasteiger partial charge in [0.05, 0.1) is 0 Å². The maximum absolute atomic E-state index is 9.27. The van der Waals surface area contributed by atoms with Crippen molar-refractivity contribution in [2.45, 2.75) is 32.6 Å². The smallest absolute Gasteiger partial charge is 0.115 e. The molecule has 0 aliphatic rings. The van der Waals surface area contributed by atoms with Crippen molar-refractivity contribution in [1.82, 2.24) is 0 Å². The first-order chi connectivity index (χ1) is 6.24. The lowest BCUT2D eigenvalue weighted by Gasteiger charge is -2.04. The van der Waals surface area contributed by atoms with Crippen molar-refractivity contribution in [3.63, 3.8) is 0 Å². The molecule has 0 aliphatic heterocycles. The first-order valence-electron chi connectivity index (χ1n) is 4.71. The number of aryl methyl sites for hydroxylation is 1. The van der Waals surface area contributed by atoms with E-state index in [1.165, 1.54) is 24.8 Å². The molecule has 0 aliphatic carbocycles. The van der Waals surface area contributed by atoms with Crippen molar-refractivity contribution in [2.24, 2.45) is 0 Å². The molecule has 1 aromatic carbocycles. The minimum absolute atomic E-state index is 0.356. The molecule has 0 saturated carbocycles. The van der Waals surface area contributed by atoms with Crippen LogP contribution in [-0.4, -0.2) is 5.11 Å². The van der Waals surface area contributed by atoms with E-state index in [1.807, 2.05) is 12.1 Å². The Labute approximate surface area is 87.9 Å². The molecule has 2 heteroatoms. The summed E-state index contributed by atoms with van der Waals surface area (Å²) >= 11 is 3.47. The van der Waals surface area contributed by atoms with Gasteiger partial charge in [0.2, 0.25) is 0 Å². The van der Waals surface area contributed by atoms with E-state index in [2.05, 4.69) is 22.9 Å².